The summed E-state index contributed by atoms with van der Waals surface area (Å²) in [5.74, 6) is 0.912. The van der Waals surface area contributed by atoms with Gasteiger partial charge in [-0.25, -0.2) is 0 Å². The molecule has 1 aliphatic carbocycles. The van der Waals surface area contributed by atoms with Crippen molar-refractivity contribution in [2.24, 2.45) is 5.92 Å². The molecule has 1 heterocycles. The average molecular weight is 243 g/mol. The predicted octanol–water partition coefficient (Wildman–Crippen LogP) is 3.50. The standard InChI is InChI=1S/C17H25N/c1-2-4-16-7-6-15(13-17(16)5-3-1)12-14-8-10-18-11-9-14/h6-7,13-14,18H,1-5,8-12H2. The molecule has 1 N–H and O–H groups in total. The molecule has 0 saturated carbocycles. The lowest BCUT2D eigenvalue weighted by Gasteiger charge is -2.23. The first-order valence-corrected chi connectivity index (χ1v) is 7.73. The van der Waals surface area contributed by atoms with Crippen molar-refractivity contribution in [3.05, 3.63) is 34.9 Å². The van der Waals surface area contributed by atoms with E-state index < -0.39 is 0 Å². The van der Waals surface area contributed by atoms with Gasteiger partial charge in [-0.05, 0) is 80.6 Å². The molecule has 0 atom stereocenters. The van der Waals surface area contributed by atoms with E-state index in [4.69, 9.17) is 0 Å². The number of piperidine rings is 1. The van der Waals surface area contributed by atoms with Gasteiger partial charge >= 0.3 is 0 Å². The summed E-state index contributed by atoms with van der Waals surface area (Å²) in [6, 6.07) is 7.33. The molecule has 0 aromatic heterocycles. The fourth-order valence-corrected chi connectivity index (χ4v) is 3.51. The van der Waals surface area contributed by atoms with Gasteiger partial charge in [0.1, 0.15) is 0 Å². The topological polar surface area (TPSA) is 12.0 Å². The highest BCUT2D eigenvalue weighted by Gasteiger charge is 2.15. The monoisotopic (exact) mass is 243 g/mol. The van der Waals surface area contributed by atoms with E-state index in [0.29, 0.717) is 0 Å². The van der Waals surface area contributed by atoms with Gasteiger partial charge in [0, 0.05) is 0 Å². The number of rotatable bonds is 2. The zero-order valence-corrected chi connectivity index (χ0v) is 11.4. The minimum Gasteiger partial charge on any atom is -0.317 e. The number of aryl methyl sites for hydroxylation is 2. The molecule has 2 aliphatic rings. The maximum atomic E-state index is 3.46. The Morgan fingerprint density at radius 1 is 0.944 bits per heavy atom. The zero-order valence-electron chi connectivity index (χ0n) is 11.4. The lowest BCUT2D eigenvalue weighted by Crippen LogP contribution is -2.28. The van der Waals surface area contributed by atoms with Gasteiger partial charge in [0.25, 0.3) is 0 Å². The summed E-state index contributed by atoms with van der Waals surface area (Å²) in [4.78, 5) is 0. The van der Waals surface area contributed by atoms with Gasteiger partial charge in [0.05, 0.1) is 0 Å². The van der Waals surface area contributed by atoms with Crippen molar-refractivity contribution in [2.75, 3.05) is 13.1 Å². The number of fused-ring (bicyclic) bond motifs is 1. The van der Waals surface area contributed by atoms with Crippen LogP contribution in [0, 0.1) is 5.92 Å². The molecule has 98 valence electrons. The molecular weight excluding hydrogens is 218 g/mol. The van der Waals surface area contributed by atoms with Crippen molar-refractivity contribution in [1.29, 1.82) is 0 Å². The number of hydrogen-bond acceptors (Lipinski definition) is 1. The first-order valence-electron chi connectivity index (χ1n) is 7.73. The summed E-state index contributed by atoms with van der Waals surface area (Å²) in [7, 11) is 0. The lowest BCUT2D eigenvalue weighted by atomic mass is 9.89. The van der Waals surface area contributed by atoms with Gasteiger partial charge < -0.3 is 5.32 Å². The van der Waals surface area contributed by atoms with Crippen LogP contribution in [0.2, 0.25) is 0 Å². The molecule has 1 heteroatoms. The smallest absolute Gasteiger partial charge is 0.00462 e. The molecule has 1 aromatic carbocycles. The number of hydrogen-bond donors (Lipinski definition) is 1. The fourth-order valence-electron chi connectivity index (χ4n) is 3.51. The zero-order chi connectivity index (χ0) is 12.2. The Balaban J connectivity index is 1.70. The number of benzene rings is 1. The third-order valence-electron chi connectivity index (χ3n) is 4.65. The van der Waals surface area contributed by atoms with Crippen LogP contribution in [0.3, 0.4) is 0 Å². The van der Waals surface area contributed by atoms with E-state index in [-0.39, 0.29) is 0 Å². The molecule has 1 aromatic rings. The van der Waals surface area contributed by atoms with Crippen molar-refractivity contribution in [1.82, 2.24) is 5.32 Å². The van der Waals surface area contributed by atoms with Gasteiger partial charge in [0.15, 0.2) is 0 Å². The summed E-state index contributed by atoms with van der Waals surface area (Å²) in [5, 5.41) is 3.46. The molecule has 0 amide bonds. The van der Waals surface area contributed by atoms with Crippen molar-refractivity contribution >= 4 is 0 Å². The van der Waals surface area contributed by atoms with E-state index >= 15 is 0 Å². The Kier molecular flexibility index (Phi) is 3.99. The molecule has 0 bridgehead atoms. The predicted molar refractivity (Wildman–Crippen MR) is 77.0 cm³/mol. The minimum atomic E-state index is 0.912. The minimum absolute atomic E-state index is 0.912. The highest BCUT2D eigenvalue weighted by atomic mass is 14.9. The maximum absolute atomic E-state index is 3.46. The Labute approximate surface area is 111 Å². The summed E-state index contributed by atoms with van der Waals surface area (Å²) >= 11 is 0. The molecule has 18 heavy (non-hydrogen) atoms. The van der Waals surface area contributed by atoms with Crippen LogP contribution in [0.4, 0.5) is 0 Å². The van der Waals surface area contributed by atoms with Crippen molar-refractivity contribution in [3.63, 3.8) is 0 Å². The molecule has 1 fully saturated rings. The number of nitrogens with one attached hydrogen (secondary N) is 1. The Morgan fingerprint density at radius 2 is 1.72 bits per heavy atom. The summed E-state index contributed by atoms with van der Waals surface area (Å²) in [6.07, 6.45) is 10.8. The summed E-state index contributed by atoms with van der Waals surface area (Å²) in [6.45, 7) is 2.44. The van der Waals surface area contributed by atoms with Gasteiger partial charge in [-0.1, -0.05) is 24.6 Å². The molecule has 0 radical (unpaired) electrons. The third kappa shape index (κ3) is 2.95. The quantitative estimate of drug-likeness (QED) is 0.784. The van der Waals surface area contributed by atoms with Crippen LogP contribution in [0.5, 0.6) is 0 Å². The summed E-state index contributed by atoms with van der Waals surface area (Å²) in [5.41, 5.74) is 4.86. The van der Waals surface area contributed by atoms with E-state index in [9.17, 15) is 0 Å². The second kappa shape index (κ2) is 5.88. The first kappa shape index (κ1) is 12.2. The van der Waals surface area contributed by atoms with Crippen LogP contribution in [-0.4, -0.2) is 13.1 Å². The van der Waals surface area contributed by atoms with E-state index in [1.54, 1.807) is 16.7 Å². The first-order chi connectivity index (χ1) is 8.92. The van der Waals surface area contributed by atoms with Crippen molar-refractivity contribution in [3.8, 4) is 0 Å². The van der Waals surface area contributed by atoms with Gasteiger partial charge in [0.2, 0.25) is 0 Å². The van der Waals surface area contributed by atoms with Crippen molar-refractivity contribution < 1.29 is 0 Å². The van der Waals surface area contributed by atoms with Crippen LogP contribution in [0.1, 0.15) is 48.8 Å². The van der Waals surface area contributed by atoms with Crippen LogP contribution < -0.4 is 5.32 Å². The second-order valence-corrected chi connectivity index (χ2v) is 6.06. The normalized spacial score (nSPS) is 21.3. The maximum Gasteiger partial charge on any atom is -0.00462 e. The van der Waals surface area contributed by atoms with Crippen LogP contribution in [0.15, 0.2) is 18.2 Å². The Bertz CT molecular complexity index is 391. The third-order valence-corrected chi connectivity index (χ3v) is 4.65. The highest BCUT2D eigenvalue weighted by molar-refractivity contribution is 5.33. The Morgan fingerprint density at radius 3 is 2.56 bits per heavy atom. The van der Waals surface area contributed by atoms with Crippen LogP contribution in [-0.2, 0) is 19.3 Å². The molecule has 1 saturated heterocycles. The molecular formula is C17H25N. The van der Waals surface area contributed by atoms with Crippen LogP contribution in [0.25, 0.3) is 0 Å². The second-order valence-electron chi connectivity index (χ2n) is 6.06. The summed E-state index contributed by atoms with van der Waals surface area (Å²) < 4.78 is 0. The van der Waals surface area contributed by atoms with Gasteiger partial charge in [-0.15, -0.1) is 0 Å². The molecule has 3 rings (SSSR count). The van der Waals surface area contributed by atoms with E-state index in [2.05, 4.69) is 23.5 Å². The lowest BCUT2D eigenvalue weighted by molar-refractivity contribution is 0.372. The van der Waals surface area contributed by atoms with E-state index in [1.165, 1.54) is 64.5 Å². The molecule has 0 unspecified atom stereocenters. The SMILES string of the molecule is c1cc2c(cc1CC1CCNCC1)CCCCC2. The van der Waals surface area contributed by atoms with Crippen molar-refractivity contribution in [2.45, 2.75) is 51.4 Å². The highest BCUT2D eigenvalue weighted by Crippen LogP contribution is 2.24. The van der Waals surface area contributed by atoms with Crippen LogP contribution >= 0.6 is 0 Å². The molecule has 1 aliphatic heterocycles. The van der Waals surface area contributed by atoms with Gasteiger partial charge in [-0.3, -0.25) is 0 Å². The fraction of sp³-hybridized carbons (Fsp3) is 0.647. The van der Waals surface area contributed by atoms with Gasteiger partial charge in [-0.2, -0.15) is 0 Å². The Hall–Kier alpha value is -0.820. The largest absolute Gasteiger partial charge is 0.317 e. The average Bonchev–Trinajstić information content (AvgIpc) is 2.64. The molecule has 0 spiro atoms. The molecule has 1 nitrogen and oxygen atoms in total. The van der Waals surface area contributed by atoms with E-state index in [1.807, 2.05) is 0 Å². The van der Waals surface area contributed by atoms with E-state index in [0.717, 1.165) is 5.92 Å².